The van der Waals surface area contributed by atoms with Crippen molar-refractivity contribution in [3.8, 4) is 0 Å². The number of fused-ring (bicyclic) bond motifs is 1. The maximum atomic E-state index is 12.3. The zero-order valence-electron chi connectivity index (χ0n) is 12.1. The lowest BCUT2D eigenvalue weighted by molar-refractivity contribution is 0.0784. The fourth-order valence-electron chi connectivity index (χ4n) is 2.52. The average Bonchev–Trinajstić information content (AvgIpc) is 3.14. The first kappa shape index (κ1) is 13.5. The van der Waals surface area contributed by atoms with Gasteiger partial charge in [0.1, 0.15) is 17.6 Å². The summed E-state index contributed by atoms with van der Waals surface area (Å²) in [5.41, 5.74) is 2.50. The van der Waals surface area contributed by atoms with Crippen molar-refractivity contribution in [1.82, 2.24) is 4.90 Å². The molecule has 108 valence electrons. The monoisotopic (exact) mass is 283 g/mol. The van der Waals surface area contributed by atoms with Crippen molar-refractivity contribution >= 4 is 16.9 Å². The Bertz CT molecular complexity index is 756. The highest BCUT2D eigenvalue weighted by molar-refractivity contribution is 5.94. The highest BCUT2D eigenvalue weighted by Crippen LogP contribution is 2.27. The van der Waals surface area contributed by atoms with E-state index in [0.29, 0.717) is 12.1 Å². The molecule has 3 rings (SSSR count). The van der Waals surface area contributed by atoms with Crippen molar-refractivity contribution in [3.63, 3.8) is 0 Å². The third kappa shape index (κ3) is 2.44. The molecule has 0 saturated carbocycles. The van der Waals surface area contributed by atoms with Crippen LogP contribution < -0.4 is 0 Å². The molecule has 2 heterocycles. The number of para-hydroxylation sites is 1. The molecule has 0 fully saturated rings. The maximum Gasteiger partial charge on any atom is 0.257 e. The number of hydrogen-bond donors (Lipinski definition) is 0. The van der Waals surface area contributed by atoms with Crippen molar-refractivity contribution in [2.75, 3.05) is 7.05 Å². The molecule has 0 unspecified atom stereocenters. The van der Waals surface area contributed by atoms with E-state index in [1.54, 1.807) is 18.0 Å². The zero-order chi connectivity index (χ0) is 14.8. The van der Waals surface area contributed by atoms with Crippen LogP contribution in [0.2, 0.25) is 0 Å². The van der Waals surface area contributed by atoms with Crippen molar-refractivity contribution in [2.24, 2.45) is 0 Å². The van der Waals surface area contributed by atoms with Crippen LogP contribution in [0.5, 0.6) is 0 Å². The van der Waals surface area contributed by atoms with Gasteiger partial charge < -0.3 is 13.7 Å². The summed E-state index contributed by atoms with van der Waals surface area (Å²) in [6.07, 6.45) is 3.77. The number of benzene rings is 1. The fraction of sp³-hybridized carbons (Fsp3) is 0.235. The van der Waals surface area contributed by atoms with E-state index in [-0.39, 0.29) is 5.91 Å². The van der Waals surface area contributed by atoms with Gasteiger partial charge in [-0.2, -0.15) is 0 Å². The quantitative estimate of drug-likeness (QED) is 0.730. The Hall–Kier alpha value is -2.49. The molecule has 0 atom stereocenters. The number of aryl methyl sites for hydroxylation is 1. The molecule has 2 aromatic heterocycles. The van der Waals surface area contributed by atoms with Crippen molar-refractivity contribution in [1.29, 1.82) is 0 Å². The molecule has 0 radical (unpaired) electrons. The Morgan fingerprint density at radius 1 is 1.24 bits per heavy atom. The minimum Gasteiger partial charge on any atom is -0.472 e. The van der Waals surface area contributed by atoms with Gasteiger partial charge in [0.05, 0.1) is 11.8 Å². The van der Waals surface area contributed by atoms with Crippen molar-refractivity contribution < 1.29 is 13.6 Å². The average molecular weight is 283 g/mol. The summed E-state index contributed by atoms with van der Waals surface area (Å²) in [5, 5.41) is 1.07. The van der Waals surface area contributed by atoms with E-state index in [0.717, 1.165) is 28.7 Å². The molecular formula is C17H17NO3. The van der Waals surface area contributed by atoms with Gasteiger partial charge in [0.25, 0.3) is 5.91 Å². The van der Waals surface area contributed by atoms with E-state index in [2.05, 4.69) is 6.92 Å². The van der Waals surface area contributed by atoms with E-state index in [9.17, 15) is 4.79 Å². The van der Waals surface area contributed by atoms with E-state index in [1.165, 1.54) is 12.5 Å². The lowest BCUT2D eigenvalue weighted by Gasteiger charge is -2.16. The van der Waals surface area contributed by atoms with Crippen LogP contribution in [-0.2, 0) is 13.0 Å². The molecule has 0 aliphatic heterocycles. The Morgan fingerprint density at radius 2 is 2.05 bits per heavy atom. The topological polar surface area (TPSA) is 46.6 Å². The second kappa shape index (κ2) is 5.48. The third-order valence-electron chi connectivity index (χ3n) is 3.61. The van der Waals surface area contributed by atoms with Crippen LogP contribution in [0, 0.1) is 0 Å². The van der Waals surface area contributed by atoms with Gasteiger partial charge in [-0.05, 0) is 12.1 Å². The Kier molecular flexibility index (Phi) is 3.52. The fourth-order valence-corrected chi connectivity index (χ4v) is 2.52. The lowest BCUT2D eigenvalue weighted by atomic mass is 10.1. The Morgan fingerprint density at radius 3 is 2.76 bits per heavy atom. The van der Waals surface area contributed by atoms with Crippen LogP contribution in [0.25, 0.3) is 11.0 Å². The normalized spacial score (nSPS) is 11.0. The molecule has 4 nitrogen and oxygen atoms in total. The maximum absolute atomic E-state index is 12.3. The smallest absolute Gasteiger partial charge is 0.257 e. The Labute approximate surface area is 123 Å². The number of carbonyl (C=O) groups excluding carboxylic acids is 1. The molecule has 0 aliphatic carbocycles. The number of amides is 1. The predicted molar refractivity (Wildman–Crippen MR) is 80.1 cm³/mol. The first-order chi connectivity index (χ1) is 10.2. The first-order valence-corrected chi connectivity index (χ1v) is 6.97. The number of nitrogens with zero attached hydrogens (tertiary/aromatic N) is 1. The van der Waals surface area contributed by atoms with Gasteiger partial charge in [-0.15, -0.1) is 0 Å². The molecule has 1 aromatic carbocycles. The lowest BCUT2D eigenvalue weighted by Crippen LogP contribution is -2.26. The summed E-state index contributed by atoms with van der Waals surface area (Å²) in [4.78, 5) is 14.0. The summed E-state index contributed by atoms with van der Waals surface area (Å²) in [7, 11) is 1.79. The molecule has 21 heavy (non-hydrogen) atoms. The van der Waals surface area contributed by atoms with E-state index in [1.807, 2.05) is 24.3 Å². The standard InChI is InChI=1S/C17H17NO3/c1-3-15-14(13-6-4-5-7-16(13)21-15)10-18(2)17(19)12-8-9-20-11-12/h4-9,11H,3,10H2,1-2H3. The predicted octanol–water partition coefficient (Wildman–Crippen LogP) is 3.86. The second-order valence-corrected chi connectivity index (χ2v) is 5.03. The molecular weight excluding hydrogens is 266 g/mol. The molecule has 0 spiro atoms. The second-order valence-electron chi connectivity index (χ2n) is 5.03. The van der Waals surface area contributed by atoms with Crippen LogP contribution >= 0.6 is 0 Å². The first-order valence-electron chi connectivity index (χ1n) is 6.97. The summed E-state index contributed by atoms with van der Waals surface area (Å²) < 4.78 is 10.8. The van der Waals surface area contributed by atoms with Gasteiger partial charge in [-0.1, -0.05) is 25.1 Å². The minimum atomic E-state index is -0.0592. The van der Waals surface area contributed by atoms with E-state index >= 15 is 0 Å². The summed E-state index contributed by atoms with van der Waals surface area (Å²) in [6.45, 7) is 2.57. The van der Waals surface area contributed by atoms with Crippen LogP contribution in [0.15, 0.2) is 51.7 Å². The molecule has 1 amide bonds. The van der Waals surface area contributed by atoms with Crippen molar-refractivity contribution in [3.05, 3.63) is 59.7 Å². The van der Waals surface area contributed by atoms with Crippen molar-refractivity contribution in [2.45, 2.75) is 19.9 Å². The summed E-state index contributed by atoms with van der Waals surface area (Å²) in [6, 6.07) is 9.60. The number of carbonyl (C=O) groups is 1. The molecule has 0 aliphatic rings. The summed E-state index contributed by atoms with van der Waals surface area (Å²) >= 11 is 0. The molecule has 3 aromatic rings. The van der Waals surface area contributed by atoms with Crippen LogP contribution in [-0.4, -0.2) is 17.9 Å². The van der Waals surface area contributed by atoms with Gasteiger partial charge in [-0.3, -0.25) is 4.79 Å². The van der Waals surface area contributed by atoms with Crippen LogP contribution in [0.1, 0.15) is 28.6 Å². The van der Waals surface area contributed by atoms with Crippen LogP contribution in [0.4, 0.5) is 0 Å². The van der Waals surface area contributed by atoms with Gasteiger partial charge in [-0.25, -0.2) is 0 Å². The molecule has 4 heteroatoms. The Balaban J connectivity index is 1.92. The number of hydrogen-bond acceptors (Lipinski definition) is 3. The van der Waals surface area contributed by atoms with Gasteiger partial charge in [0.2, 0.25) is 0 Å². The highest BCUT2D eigenvalue weighted by Gasteiger charge is 2.18. The van der Waals surface area contributed by atoms with Crippen LogP contribution in [0.3, 0.4) is 0 Å². The van der Waals surface area contributed by atoms with E-state index in [4.69, 9.17) is 8.83 Å². The third-order valence-corrected chi connectivity index (χ3v) is 3.61. The minimum absolute atomic E-state index is 0.0592. The number of furan rings is 2. The van der Waals surface area contributed by atoms with E-state index < -0.39 is 0 Å². The van der Waals surface area contributed by atoms with Gasteiger partial charge in [0.15, 0.2) is 0 Å². The summed E-state index contributed by atoms with van der Waals surface area (Å²) in [5.74, 6) is 0.874. The molecule has 0 saturated heterocycles. The highest BCUT2D eigenvalue weighted by atomic mass is 16.3. The number of rotatable bonds is 4. The zero-order valence-corrected chi connectivity index (χ0v) is 12.1. The molecule has 0 N–H and O–H groups in total. The molecule has 0 bridgehead atoms. The SMILES string of the molecule is CCc1oc2ccccc2c1CN(C)C(=O)c1ccoc1. The van der Waals surface area contributed by atoms with Gasteiger partial charge >= 0.3 is 0 Å². The van der Waals surface area contributed by atoms with Gasteiger partial charge in [0, 0.05) is 31.0 Å². The largest absolute Gasteiger partial charge is 0.472 e.